The first-order chi connectivity index (χ1) is 8.33. The van der Waals surface area contributed by atoms with Gasteiger partial charge in [0, 0.05) is 19.6 Å². The van der Waals surface area contributed by atoms with Crippen molar-refractivity contribution < 1.29 is 0 Å². The van der Waals surface area contributed by atoms with E-state index in [9.17, 15) is 4.79 Å². The first-order valence-electron chi connectivity index (χ1n) is 6.70. The number of aryl methyl sites for hydroxylation is 1. The largest absolute Gasteiger partial charge is 0.345 e. The van der Waals surface area contributed by atoms with Crippen molar-refractivity contribution in [1.82, 2.24) is 19.7 Å². The van der Waals surface area contributed by atoms with Gasteiger partial charge in [0.1, 0.15) is 5.82 Å². The molecule has 1 aromatic heterocycles. The first-order valence-corrected chi connectivity index (χ1v) is 6.70. The standard InChI is InChI=1S/C12H22N4O/c1-2-3-4-5-6-8-16-12(17)15-9-7-13-10-11(15)14-16/h13H,2-10H2,1H3. The Labute approximate surface area is 102 Å². The Morgan fingerprint density at radius 2 is 2.12 bits per heavy atom. The number of fused-ring (bicyclic) bond motifs is 1. The number of rotatable bonds is 6. The predicted octanol–water partition coefficient (Wildman–Crippen LogP) is 1.12. The van der Waals surface area contributed by atoms with Crippen LogP contribution in [-0.4, -0.2) is 20.9 Å². The van der Waals surface area contributed by atoms with Gasteiger partial charge < -0.3 is 5.32 Å². The minimum Gasteiger partial charge on any atom is -0.308 e. The molecule has 1 aromatic rings. The summed E-state index contributed by atoms with van der Waals surface area (Å²) in [4.78, 5) is 12.0. The third-order valence-corrected chi connectivity index (χ3v) is 3.27. The minimum absolute atomic E-state index is 0.0667. The van der Waals surface area contributed by atoms with Crippen LogP contribution in [0.25, 0.3) is 0 Å². The number of nitrogens with one attached hydrogen (secondary N) is 1. The van der Waals surface area contributed by atoms with Crippen LogP contribution in [0.15, 0.2) is 4.79 Å². The van der Waals surface area contributed by atoms with Crippen LogP contribution >= 0.6 is 0 Å². The van der Waals surface area contributed by atoms with Crippen molar-refractivity contribution in [2.45, 2.75) is 58.7 Å². The van der Waals surface area contributed by atoms with E-state index in [1.165, 1.54) is 25.7 Å². The average molecular weight is 238 g/mol. The summed E-state index contributed by atoms with van der Waals surface area (Å²) >= 11 is 0. The van der Waals surface area contributed by atoms with E-state index in [0.717, 1.165) is 38.4 Å². The minimum atomic E-state index is 0.0667. The highest BCUT2D eigenvalue weighted by atomic mass is 16.2. The Morgan fingerprint density at radius 1 is 1.29 bits per heavy atom. The fourth-order valence-corrected chi connectivity index (χ4v) is 2.24. The Morgan fingerprint density at radius 3 is 2.88 bits per heavy atom. The molecule has 17 heavy (non-hydrogen) atoms. The number of aromatic nitrogens is 3. The van der Waals surface area contributed by atoms with Gasteiger partial charge in [-0.15, -0.1) is 0 Å². The normalized spacial score (nSPS) is 14.9. The van der Waals surface area contributed by atoms with Crippen LogP contribution in [-0.2, 0) is 19.6 Å². The van der Waals surface area contributed by atoms with Crippen molar-refractivity contribution in [1.29, 1.82) is 0 Å². The van der Waals surface area contributed by atoms with Crippen molar-refractivity contribution in [3.63, 3.8) is 0 Å². The van der Waals surface area contributed by atoms with Crippen LogP contribution in [0.5, 0.6) is 0 Å². The Balaban J connectivity index is 1.88. The molecular weight excluding hydrogens is 216 g/mol. The van der Waals surface area contributed by atoms with Crippen molar-refractivity contribution in [2.75, 3.05) is 6.54 Å². The SMILES string of the molecule is CCCCCCCn1nc2n(c1=O)CCNC2. The summed E-state index contributed by atoms with van der Waals surface area (Å²) in [6.07, 6.45) is 6.06. The highest BCUT2D eigenvalue weighted by Crippen LogP contribution is 2.04. The van der Waals surface area contributed by atoms with Gasteiger partial charge in [0.25, 0.3) is 0 Å². The lowest BCUT2D eigenvalue weighted by molar-refractivity contribution is 0.495. The van der Waals surface area contributed by atoms with Gasteiger partial charge in [0.05, 0.1) is 6.54 Å². The molecule has 0 bridgehead atoms. The van der Waals surface area contributed by atoms with Gasteiger partial charge in [-0.3, -0.25) is 4.57 Å². The van der Waals surface area contributed by atoms with Crippen molar-refractivity contribution in [3.05, 3.63) is 16.3 Å². The molecule has 0 atom stereocenters. The Kier molecular flexibility index (Phi) is 4.36. The summed E-state index contributed by atoms with van der Waals surface area (Å²) in [5, 5.41) is 7.60. The average Bonchev–Trinajstić information content (AvgIpc) is 2.67. The van der Waals surface area contributed by atoms with Crippen LogP contribution < -0.4 is 11.0 Å². The van der Waals surface area contributed by atoms with Crippen molar-refractivity contribution in [2.24, 2.45) is 0 Å². The summed E-state index contributed by atoms with van der Waals surface area (Å²) in [6.45, 7) is 5.32. The van der Waals surface area contributed by atoms with Gasteiger partial charge in [-0.2, -0.15) is 5.10 Å². The molecule has 1 aliphatic heterocycles. The van der Waals surface area contributed by atoms with E-state index in [4.69, 9.17) is 0 Å². The lowest BCUT2D eigenvalue weighted by Crippen LogP contribution is -2.34. The van der Waals surface area contributed by atoms with E-state index in [2.05, 4.69) is 17.3 Å². The molecule has 0 aromatic carbocycles. The number of unbranched alkanes of at least 4 members (excludes halogenated alkanes) is 4. The van der Waals surface area contributed by atoms with Crippen LogP contribution in [0.3, 0.4) is 0 Å². The second-order valence-corrected chi connectivity index (χ2v) is 4.66. The molecule has 0 aliphatic carbocycles. The van der Waals surface area contributed by atoms with Gasteiger partial charge in [0.15, 0.2) is 0 Å². The maximum absolute atomic E-state index is 12.0. The van der Waals surface area contributed by atoms with E-state index in [1.807, 2.05) is 0 Å². The second kappa shape index (κ2) is 6.00. The van der Waals surface area contributed by atoms with Gasteiger partial charge in [-0.25, -0.2) is 9.48 Å². The van der Waals surface area contributed by atoms with Crippen molar-refractivity contribution >= 4 is 0 Å². The maximum Gasteiger partial charge on any atom is 0.345 e. The zero-order chi connectivity index (χ0) is 12.1. The van der Waals surface area contributed by atoms with Crippen molar-refractivity contribution in [3.8, 4) is 0 Å². The molecule has 0 amide bonds. The summed E-state index contributed by atoms with van der Waals surface area (Å²) in [5.41, 5.74) is 0.0667. The van der Waals surface area contributed by atoms with E-state index in [-0.39, 0.29) is 5.69 Å². The lowest BCUT2D eigenvalue weighted by Gasteiger charge is -2.11. The molecule has 5 nitrogen and oxygen atoms in total. The highest BCUT2D eigenvalue weighted by Gasteiger charge is 2.15. The molecule has 0 unspecified atom stereocenters. The molecular formula is C12H22N4O. The summed E-state index contributed by atoms with van der Waals surface area (Å²) in [5.74, 6) is 0.884. The van der Waals surface area contributed by atoms with E-state index >= 15 is 0 Å². The molecule has 0 saturated carbocycles. The van der Waals surface area contributed by atoms with E-state index in [1.54, 1.807) is 9.25 Å². The quantitative estimate of drug-likeness (QED) is 0.756. The van der Waals surface area contributed by atoms with Crippen LogP contribution in [0.4, 0.5) is 0 Å². The monoisotopic (exact) mass is 238 g/mol. The first kappa shape index (κ1) is 12.4. The van der Waals surface area contributed by atoms with E-state index in [0.29, 0.717) is 0 Å². The predicted molar refractivity (Wildman–Crippen MR) is 67.0 cm³/mol. The van der Waals surface area contributed by atoms with Gasteiger partial charge >= 0.3 is 5.69 Å². The van der Waals surface area contributed by atoms with Gasteiger partial charge in [-0.05, 0) is 6.42 Å². The lowest BCUT2D eigenvalue weighted by atomic mass is 10.1. The Bertz CT molecular complexity index is 407. The topological polar surface area (TPSA) is 51.9 Å². The molecule has 5 heteroatoms. The van der Waals surface area contributed by atoms with Crippen LogP contribution in [0, 0.1) is 0 Å². The maximum atomic E-state index is 12.0. The number of nitrogens with zero attached hydrogens (tertiary/aromatic N) is 3. The molecule has 96 valence electrons. The highest BCUT2D eigenvalue weighted by molar-refractivity contribution is 4.90. The molecule has 0 radical (unpaired) electrons. The Hall–Kier alpha value is -1.10. The molecule has 2 heterocycles. The zero-order valence-electron chi connectivity index (χ0n) is 10.6. The number of hydrogen-bond donors (Lipinski definition) is 1. The summed E-state index contributed by atoms with van der Waals surface area (Å²) in [7, 11) is 0. The summed E-state index contributed by atoms with van der Waals surface area (Å²) in [6, 6.07) is 0. The fourth-order valence-electron chi connectivity index (χ4n) is 2.24. The smallest absolute Gasteiger partial charge is 0.308 e. The second-order valence-electron chi connectivity index (χ2n) is 4.66. The summed E-state index contributed by atoms with van der Waals surface area (Å²) < 4.78 is 3.43. The molecule has 1 N–H and O–H groups in total. The fraction of sp³-hybridized carbons (Fsp3) is 0.833. The molecule has 2 rings (SSSR count). The molecule has 1 aliphatic rings. The van der Waals surface area contributed by atoms with Crippen LogP contribution in [0.1, 0.15) is 44.9 Å². The number of hydrogen-bond acceptors (Lipinski definition) is 3. The molecule has 0 saturated heterocycles. The van der Waals surface area contributed by atoms with Gasteiger partial charge in [-0.1, -0.05) is 32.6 Å². The zero-order valence-corrected chi connectivity index (χ0v) is 10.6. The molecule has 0 spiro atoms. The van der Waals surface area contributed by atoms with Gasteiger partial charge in [0.2, 0.25) is 0 Å². The third kappa shape index (κ3) is 2.97. The van der Waals surface area contributed by atoms with Crippen LogP contribution in [0.2, 0.25) is 0 Å². The molecule has 0 fully saturated rings. The third-order valence-electron chi connectivity index (χ3n) is 3.27. The van der Waals surface area contributed by atoms with E-state index < -0.39 is 0 Å².